The van der Waals surface area contributed by atoms with Crippen LogP contribution < -0.4 is 10.2 Å². The zero-order valence-corrected chi connectivity index (χ0v) is 14.4. The number of aromatic nitrogens is 2. The van der Waals surface area contributed by atoms with E-state index < -0.39 is 5.92 Å². The van der Waals surface area contributed by atoms with Gasteiger partial charge >= 0.3 is 0 Å². The molecular weight excluding hydrogens is 359 g/mol. The molecule has 1 N–H and O–H groups in total. The Balaban J connectivity index is 1.74. The van der Waals surface area contributed by atoms with Gasteiger partial charge in [-0.15, -0.1) is 10.2 Å². The first-order valence-corrected chi connectivity index (χ1v) is 8.37. The predicted molar refractivity (Wildman–Crippen MR) is 90.2 cm³/mol. The van der Waals surface area contributed by atoms with E-state index in [4.69, 9.17) is 23.2 Å². The minimum atomic E-state index is -0.471. The number of nitrogens with one attached hydrogen (secondary N) is 1. The summed E-state index contributed by atoms with van der Waals surface area (Å²) >= 11 is 13.4. The highest BCUT2D eigenvalue weighted by Gasteiger charge is 2.36. The maximum atomic E-state index is 12.3. The fourth-order valence-electron chi connectivity index (χ4n) is 2.36. The number of rotatable bonds is 3. The van der Waals surface area contributed by atoms with Crippen molar-refractivity contribution in [1.82, 2.24) is 10.2 Å². The normalized spacial score (nSPS) is 17.6. The van der Waals surface area contributed by atoms with Crippen LogP contribution in [0.25, 0.3) is 0 Å². The number of nitrogens with zero attached hydrogens (tertiary/aromatic N) is 3. The molecule has 0 bridgehead atoms. The molecule has 6 nitrogen and oxygen atoms in total. The molecule has 1 aliphatic heterocycles. The summed E-state index contributed by atoms with van der Waals surface area (Å²) in [6.45, 7) is 2.05. The molecule has 1 aliphatic rings. The van der Waals surface area contributed by atoms with Crippen LogP contribution >= 0.6 is 34.5 Å². The minimum Gasteiger partial charge on any atom is -0.310 e. The second kappa shape index (κ2) is 6.43. The quantitative estimate of drug-likeness (QED) is 0.900. The molecular formula is C14H12Cl2N4O2S. The third-order valence-corrected chi connectivity index (χ3v) is 4.76. The van der Waals surface area contributed by atoms with E-state index in [0.717, 1.165) is 5.01 Å². The van der Waals surface area contributed by atoms with E-state index in [1.54, 1.807) is 25.1 Å². The molecule has 1 aromatic heterocycles. The maximum absolute atomic E-state index is 12.3. The molecule has 120 valence electrons. The molecule has 3 rings (SSSR count). The van der Waals surface area contributed by atoms with E-state index >= 15 is 0 Å². The Morgan fingerprint density at radius 3 is 2.87 bits per heavy atom. The van der Waals surface area contributed by atoms with Crippen LogP contribution in [0.4, 0.5) is 10.8 Å². The largest absolute Gasteiger partial charge is 0.310 e. The van der Waals surface area contributed by atoms with Crippen LogP contribution in [0.1, 0.15) is 11.4 Å². The summed E-state index contributed by atoms with van der Waals surface area (Å²) in [5, 5.41) is 12.5. The molecule has 1 aromatic carbocycles. The molecule has 0 radical (unpaired) electrons. The van der Waals surface area contributed by atoms with E-state index in [2.05, 4.69) is 15.5 Å². The smallest absolute Gasteiger partial charge is 0.231 e. The molecule has 23 heavy (non-hydrogen) atoms. The fraction of sp³-hybridized carbons (Fsp3) is 0.286. The van der Waals surface area contributed by atoms with Gasteiger partial charge in [-0.1, -0.05) is 34.5 Å². The first-order valence-electron chi connectivity index (χ1n) is 6.80. The lowest BCUT2D eigenvalue weighted by molar-refractivity contribution is -0.122. The van der Waals surface area contributed by atoms with Gasteiger partial charge < -0.3 is 10.2 Å². The van der Waals surface area contributed by atoms with E-state index in [1.165, 1.54) is 16.2 Å². The Kier molecular flexibility index (Phi) is 4.52. The van der Waals surface area contributed by atoms with Gasteiger partial charge in [-0.05, 0) is 25.1 Å². The summed E-state index contributed by atoms with van der Waals surface area (Å²) in [5.41, 5.74) is 0.520. The van der Waals surface area contributed by atoms with Crippen molar-refractivity contribution >= 4 is 57.2 Å². The van der Waals surface area contributed by atoms with Crippen molar-refractivity contribution in [2.45, 2.75) is 13.3 Å². The van der Waals surface area contributed by atoms with Crippen LogP contribution in [0.3, 0.4) is 0 Å². The number of hydrogen-bond acceptors (Lipinski definition) is 5. The van der Waals surface area contributed by atoms with Crippen molar-refractivity contribution in [1.29, 1.82) is 0 Å². The average Bonchev–Trinajstić information content (AvgIpc) is 3.08. The second-order valence-electron chi connectivity index (χ2n) is 5.12. The number of anilines is 2. The molecule has 0 saturated carbocycles. The minimum absolute atomic E-state index is 0.118. The topological polar surface area (TPSA) is 75.2 Å². The molecule has 0 spiro atoms. The summed E-state index contributed by atoms with van der Waals surface area (Å²) in [5.74, 6) is -0.889. The van der Waals surface area contributed by atoms with Gasteiger partial charge in [-0.25, -0.2) is 0 Å². The van der Waals surface area contributed by atoms with Crippen LogP contribution in [-0.2, 0) is 9.59 Å². The highest BCUT2D eigenvalue weighted by atomic mass is 35.5. The summed E-state index contributed by atoms with van der Waals surface area (Å²) in [6.07, 6.45) is 0.118. The predicted octanol–water partition coefficient (Wildman–Crippen LogP) is 3.14. The van der Waals surface area contributed by atoms with Gasteiger partial charge in [0.25, 0.3) is 0 Å². The van der Waals surface area contributed by atoms with E-state index in [1.807, 2.05) is 0 Å². The number of carbonyl (C=O) groups excluding carboxylic acids is 2. The molecule has 1 atom stereocenters. The van der Waals surface area contributed by atoms with Crippen LogP contribution in [0, 0.1) is 12.8 Å². The number of benzene rings is 1. The molecule has 1 fully saturated rings. The molecule has 2 amide bonds. The zero-order chi connectivity index (χ0) is 16.6. The molecule has 0 aliphatic carbocycles. The highest BCUT2D eigenvalue weighted by Crippen LogP contribution is 2.33. The summed E-state index contributed by atoms with van der Waals surface area (Å²) in [7, 11) is 0. The lowest BCUT2D eigenvalue weighted by atomic mass is 10.1. The average molecular weight is 371 g/mol. The highest BCUT2D eigenvalue weighted by molar-refractivity contribution is 7.15. The van der Waals surface area contributed by atoms with Gasteiger partial charge in [0, 0.05) is 18.0 Å². The first-order chi connectivity index (χ1) is 10.9. The van der Waals surface area contributed by atoms with Crippen molar-refractivity contribution in [3.05, 3.63) is 33.3 Å². The van der Waals surface area contributed by atoms with E-state index in [9.17, 15) is 9.59 Å². The van der Waals surface area contributed by atoms with Gasteiger partial charge in [0.1, 0.15) is 5.01 Å². The zero-order valence-electron chi connectivity index (χ0n) is 12.0. The molecule has 9 heteroatoms. The van der Waals surface area contributed by atoms with Crippen LogP contribution in [-0.4, -0.2) is 28.6 Å². The van der Waals surface area contributed by atoms with Gasteiger partial charge in [0.05, 0.1) is 16.6 Å². The molecule has 1 saturated heterocycles. The summed E-state index contributed by atoms with van der Waals surface area (Å²) in [6, 6.07) is 4.90. The Hall–Kier alpha value is -1.70. The van der Waals surface area contributed by atoms with Gasteiger partial charge in [0.2, 0.25) is 16.9 Å². The van der Waals surface area contributed by atoms with Crippen LogP contribution in [0.15, 0.2) is 18.2 Å². The standard InChI is InChI=1S/C14H12Cl2N4O2S/c1-7-18-19-14(23-7)17-13(22)8-4-12(21)20(6-8)11-5-9(15)2-3-10(11)16/h2-3,5,8H,4,6H2,1H3,(H,17,19,22)/t8-/m0/s1. The molecule has 2 heterocycles. The summed E-state index contributed by atoms with van der Waals surface area (Å²) in [4.78, 5) is 26.0. The number of amides is 2. The Morgan fingerprint density at radius 1 is 1.39 bits per heavy atom. The molecule has 2 aromatic rings. The third kappa shape index (κ3) is 3.46. The second-order valence-corrected chi connectivity index (χ2v) is 7.14. The first kappa shape index (κ1) is 16.2. The SMILES string of the molecule is Cc1nnc(NC(=O)[C@H]2CC(=O)N(c3cc(Cl)ccc3Cl)C2)s1. The maximum Gasteiger partial charge on any atom is 0.231 e. The third-order valence-electron chi connectivity index (χ3n) is 3.45. The lowest BCUT2D eigenvalue weighted by Crippen LogP contribution is -2.28. The number of aryl methyl sites for hydroxylation is 1. The van der Waals surface area contributed by atoms with Crippen molar-refractivity contribution in [3.63, 3.8) is 0 Å². The summed E-state index contributed by atoms with van der Waals surface area (Å²) < 4.78 is 0. The van der Waals surface area contributed by atoms with Crippen molar-refractivity contribution in [2.75, 3.05) is 16.8 Å². The fourth-order valence-corrected chi connectivity index (χ4v) is 3.34. The van der Waals surface area contributed by atoms with Crippen molar-refractivity contribution in [2.24, 2.45) is 5.92 Å². The van der Waals surface area contributed by atoms with Gasteiger partial charge in [-0.3, -0.25) is 9.59 Å². The van der Waals surface area contributed by atoms with Crippen LogP contribution in [0.2, 0.25) is 10.0 Å². The lowest BCUT2D eigenvalue weighted by Gasteiger charge is -2.18. The van der Waals surface area contributed by atoms with Gasteiger partial charge in [0.15, 0.2) is 0 Å². The monoisotopic (exact) mass is 370 g/mol. The number of hydrogen-bond donors (Lipinski definition) is 1. The van der Waals surface area contributed by atoms with Crippen molar-refractivity contribution < 1.29 is 9.59 Å². The van der Waals surface area contributed by atoms with E-state index in [0.29, 0.717) is 20.9 Å². The van der Waals surface area contributed by atoms with E-state index in [-0.39, 0.29) is 24.8 Å². The van der Waals surface area contributed by atoms with Crippen molar-refractivity contribution in [3.8, 4) is 0 Å². The Labute approximate surface area is 146 Å². The number of carbonyl (C=O) groups is 2. The Bertz CT molecular complexity index is 780. The van der Waals surface area contributed by atoms with Crippen LogP contribution in [0.5, 0.6) is 0 Å². The van der Waals surface area contributed by atoms with Gasteiger partial charge in [-0.2, -0.15) is 0 Å². The molecule has 0 unspecified atom stereocenters. The Morgan fingerprint density at radius 2 is 2.17 bits per heavy atom. The number of halogens is 2.